The SMILES string of the molecule is Cc1cc(NN)nc2ccc(F)cc12.Cl. The fourth-order valence-corrected chi connectivity index (χ4v) is 1.44. The Morgan fingerprint density at radius 3 is 2.73 bits per heavy atom. The molecule has 0 radical (unpaired) electrons. The number of aromatic nitrogens is 1. The van der Waals surface area contributed by atoms with Crippen molar-refractivity contribution < 1.29 is 4.39 Å². The van der Waals surface area contributed by atoms with Crippen LogP contribution in [0.2, 0.25) is 0 Å². The van der Waals surface area contributed by atoms with E-state index in [1.165, 1.54) is 12.1 Å². The molecule has 5 heteroatoms. The molecule has 0 spiro atoms. The van der Waals surface area contributed by atoms with Crippen LogP contribution in [0, 0.1) is 12.7 Å². The summed E-state index contributed by atoms with van der Waals surface area (Å²) in [6.45, 7) is 1.89. The molecule has 0 aliphatic carbocycles. The number of nitrogens with zero attached hydrogens (tertiary/aromatic N) is 1. The number of anilines is 1. The van der Waals surface area contributed by atoms with E-state index in [4.69, 9.17) is 5.84 Å². The second kappa shape index (κ2) is 4.42. The molecule has 0 amide bonds. The number of rotatable bonds is 1. The molecular formula is C10H11ClFN3. The van der Waals surface area contributed by atoms with E-state index < -0.39 is 0 Å². The van der Waals surface area contributed by atoms with Crippen LogP contribution in [0.25, 0.3) is 10.9 Å². The Morgan fingerprint density at radius 2 is 2.07 bits per heavy atom. The molecule has 0 fully saturated rings. The Morgan fingerprint density at radius 1 is 1.33 bits per heavy atom. The van der Waals surface area contributed by atoms with E-state index in [0.29, 0.717) is 5.82 Å². The first-order valence-electron chi connectivity index (χ1n) is 4.24. The lowest BCUT2D eigenvalue weighted by Crippen LogP contribution is -2.08. The number of halogens is 2. The molecule has 0 aliphatic heterocycles. The van der Waals surface area contributed by atoms with Crippen LogP contribution in [0.5, 0.6) is 0 Å². The lowest BCUT2D eigenvalue weighted by molar-refractivity contribution is 0.629. The van der Waals surface area contributed by atoms with Crippen molar-refractivity contribution in [2.45, 2.75) is 6.92 Å². The van der Waals surface area contributed by atoms with Crippen LogP contribution in [-0.4, -0.2) is 4.98 Å². The van der Waals surface area contributed by atoms with E-state index in [1.54, 1.807) is 12.1 Å². The fraction of sp³-hybridized carbons (Fsp3) is 0.100. The summed E-state index contributed by atoms with van der Waals surface area (Å²) in [5.74, 6) is 5.58. The fourth-order valence-electron chi connectivity index (χ4n) is 1.44. The third-order valence-electron chi connectivity index (χ3n) is 2.13. The maximum absolute atomic E-state index is 12.9. The number of benzene rings is 1. The summed E-state index contributed by atoms with van der Waals surface area (Å²) in [5.41, 5.74) is 4.15. The van der Waals surface area contributed by atoms with Gasteiger partial charge in [-0.25, -0.2) is 15.2 Å². The summed E-state index contributed by atoms with van der Waals surface area (Å²) in [5, 5.41) is 0.809. The molecule has 3 nitrogen and oxygen atoms in total. The summed E-state index contributed by atoms with van der Waals surface area (Å²) in [6.07, 6.45) is 0. The number of aryl methyl sites for hydroxylation is 1. The average molecular weight is 228 g/mol. The number of hydrogen-bond donors (Lipinski definition) is 2. The minimum atomic E-state index is -0.254. The van der Waals surface area contributed by atoms with E-state index in [2.05, 4.69) is 10.4 Å². The van der Waals surface area contributed by atoms with Crippen LogP contribution >= 0.6 is 12.4 Å². The van der Waals surface area contributed by atoms with Gasteiger partial charge in [-0.1, -0.05) is 0 Å². The topological polar surface area (TPSA) is 50.9 Å². The number of pyridine rings is 1. The zero-order valence-electron chi connectivity index (χ0n) is 8.12. The molecule has 0 bridgehead atoms. The van der Waals surface area contributed by atoms with Crippen LogP contribution in [0.1, 0.15) is 5.56 Å². The minimum absolute atomic E-state index is 0. The summed E-state index contributed by atoms with van der Waals surface area (Å²) in [4.78, 5) is 4.19. The molecule has 2 aromatic rings. The van der Waals surface area contributed by atoms with Crippen molar-refractivity contribution >= 4 is 29.1 Å². The van der Waals surface area contributed by atoms with Gasteiger partial charge in [-0.3, -0.25) is 0 Å². The molecular weight excluding hydrogens is 217 g/mol. The summed E-state index contributed by atoms with van der Waals surface area (Å²) in [7, 11) is 0. The van der Waals surface area contributed by atoms with Crippen molar-refractivity contribution in [1.82, 2.24) is 4.98 Å². The second-order valence-corrected chi connectivity index (χ2v) is 3.13. The Labute approximate surface area is 92.9 Å². The maximum atomic E-state index is 12.9. The molecule has 1 aromatic carbocycles. The number of fused-ring (bicyclic) bond motifs is 1. The van der Waals surface area contributed by atoms with E-state index in [9.17, 15) is 4.39 Å². The van der Waals surface area contributed by atoms with Crippen LogP contribution < -0.4 is 11.3 Å². The molecule has 15 heavy (non-hydrogen) atoms. The van der Waals surface area contributed by atoms with Crippen molar-refractivity contribution in [3.63, 3.8) is 0 Å². The highest BCUT2D eigenvalue weighted by Crippen LogP contribution is 2.20. The van der Waals surface area contributed by atoms with Gasteiger partial charge in [0.05, 0.1) is 5.52 Å². The molecule has 1 aromatic heterocycles. The van der Waals surface area contributed by atoms with Gasteiger partial charge in [0, 0.05) is 5.39 Å². The number of hydrazine groups is 1. The number of nitrogen functional groups attached to an aromatic ring is 1. The molecule has 0 saturated carbocycles. The van der Waals surface area contributed by atoms with Crippen molar-refractivity contribution in [2.24, 2.45) is 5.84 Å². The number of nitrogens with two attached hydrogens (primary N) is 1. The zero-order valence-corrected chi connectivity index (χ0v) is 8.94. The Kier molecular flexibility index (Phi) is 3.44. The molecule has 1 heterocycles. The maximum Gasteiger partial charge on any atom is 0.140 e. The third-order valence-corrected chi connectivity index (χ3v) is 2.13. The molecule has 0 aliphatic rings. The molecule has 80 valence electrons. The van der Waals surface area contributed by atoms with Crippen LogP contribution in [-0.2, 0) is 0 Å². The smallest absolute Gasteiger partial charge is 0.140 e. The van der Waals surface area contributed by atoms with Gasteiger partial charge < -0.3 is 5.43 Å². The zero-order chi connectivity index (χ0) is 10.1. The Balaban J connectivity index is 0.00000112. The van der Waals surface area contributed by atoms with Crippen LogP contribution in [0.4, 0.5) is 10.2 Å². The first-order valence-corrected chi connectivity index (χ1v) is 4.24. The lowest BCUT2D eigenvalue weighted by atomic mass is 10.1. The monoisotopic (exact) mass is 227 g/mol. The molecule has 2 rings (SSSR count). The predicted molar refractivity (Wildman–Crippen MR) is 61.5 cm³/mol. The second-order valence-electron chi connectivity index (χ2n) is 3.13. The quantitative estimate of drug-likeness (QED) is 0.581. The van der Waals surface area contributed by atoms with Gasteiger partial charge in [-0.2, -0.15) is 0 Å². The van der Waals surface area contributed by atoms with Gasteiger partial charge >= 0.3 is 0 Å². The average Bonchev–Trinajstić information content (AvgIpc) is 2.19. The highest BCUT2D eigenvalue weighted by molar-refractivity contribution is 5.85. The summed E-state index contributed by atoms with van der Waals surface area (Å²) < 4.78 is 12.9. The van der Waals surface area contributed by atoms with Crippen LogP contribution in [0.3, 0.4) is 0 Å². The lowest BCUT2D eigenvalue weighted by Gasteiger charge is -2.05. The van der Waals surface area contributed by atoms with Crippen molar-refractivity contribution in [2.75, 3.05) is 5.43 Å². The van der Waals surface area contributed by atoms with Crippen molar-refractivity contribution in [3.8, 4) is 0 Å². The van der Waals surface area contributed by atoms with Gasteiger partial charge in [0.1, 0.15) is 11.6 Å². The van der Waals surface area contributed by atoms with Crippen molar-refractivity contribution in [1.29, 1.82) is 0 Å². The van der Waals surface area contributed by atoms with Gasteiger partial charge in [0.25, 0.3) is 0 Å². The molecule has 0 unspecified atom stereocenters. The standard InChI is InChI=1S/C10H10FN3.ClH/c1-6-4-10(14-12)13-9-3-2-7(11)5-8(6)9;/h2-5H,12H2,1H3,(H,13,14);1H. The van der Waals surface area contributed by atoms with Crippen molar-refractivity contribution in [3.05, 3.63) is 35.6 Å². The highest BCUT2D eigenvalue weighted by Gasteiger charge is 2.02. The predicted octanol–water partition coefficient (Wildman–Crippen LogP) is 2.39. The summed E-state index contributed by atoms with van der Waals surface area (Å²) >= 11 is 0. The van der Waals surface area contributed by atoms with Crippen LogP contribution in [0.15, 0.2) is 24.3 Å². The number of hydrogen-bond acceptors (Lipinski definition) is 3. The normalized spacial score (nSPS) is 9.80. The highest BCUT2D eigenvalue weighted by atomic mass is 35.5. The van der Waals surface area contributed by atoms with E-state index in [1.807, 2.05) is 6.92 Å². The minimum Gasteiger partial charge on any atom is -0.308 e. The third kappa shape index (κ3) is 2.16. The Bertz CT molecular complexity index is 487. The van der Waals surface area contributed by atoms with Gasteiger partial charge in [0.2, 0.25) is 0 Å². The van der Waals surface area contributed by atoms with Gasteiger partial charge in [-0.15, -0.1) is 12.4 Å². The summed E-state index contributed by atoms with van der Waals surface area (Å²) in [6, 6.07) is 6.27. The first kappa shape index (κ1) is 11.7. The van der Waals surface area contributed by atoms with Gasteiger partial charge in [0.15, 0.2) is 0 Å². The number of nitrogens with one attached hydrogen (secondary N) is 1. The van der Waals surface area contributed by atoms with E-state index in [-0.39, 0.29) is 18.2 Å². The van der Waals surface area contributed by atoms with E-state index >= 15 is 0 Å². The molecule has 3 N–H and O–H groups in total. The van der Waals surface area contributed by atoms with E-state index in [0.717, 1.165) is 16.5 Å². The Hall–Kier alpha value is -1.39. The first-order chi connectivity index (χ1) is 6.70. The van der Waals surface area contributed by atoms with Gasteiger partial charge in [-0.05, 0) is 36.8 Å². The molecule has 0 atom stereocenters. The molecule has 0 saturated heterocycles. The largest absolute Gasteiger partial charge is 0.308 e.